The molecule has 0 aliphatic carbocycles. The number of likely N-dealkylation sites (tertiary alicyclic amines) is 1. The van der Waals surface area contributed by atoms with Crippen LogP contribution in [0.4, 0.5) is 4.39 Å². The van der Waals surface area contributed by atoms with Gasteiger partial charge in [0.15, 0.2) is 0 Å². The van der Waals surface area contributed by atoms with Crippen molar-refractivity contribution in [1.29, 1.82) is 0 Å². The van der Waals surface area contributed by atoms with Gasteiger partial charge in [0.2, 0.25) is 0 Å². The molecule has 1 aromatic heterocycles. The summed E-state index contributed by atoms with van der Waals surface area (Å²) in [5, 5.41) is 4.14. The van der Waals surface area contributed by atoms with E-state index in [1.807, 2.05) is 13.0 Å². The lowest BCUT2D eigenvalue weighted by Crippen LogP contribution is -2.32. The number of aromatic nitrogens is 2. The molecule has 1 aliphatic heterocycles. The van der Waals surface area contributed by atoms with E-state index >= 15 is 0 Å². The summed E-state index contributed by atoms with van der Waals surface area (Å²) in [7, 11) is 0. The van der Waals surface area contributed by atoms with Crippen molar-refractivity contribution < 1.29 is 9.18 Å². The van der Waals surface area contributed by atoms with Gasteiger partial charge in [-0.15, -0.1) is 0 Å². The van der Waals surface area contributed by atoms with Crippen molar-refractivity contribution >= 4 is 5.91 Å². The second kappa shape index (κ2) is 5.68. The van der Waals surface area contributed by atoms with Crippen LogP contribution < -0.4 is 0 Å². The van der Waals surface area contributed by atoms with E-state index in [1.54, 1.807) is 34.0 Å². The van der Waals surface area contributed by atoms with E-state index in [4.69, 9.17) is 0 Å². The zero-order chi connectivity index (χ0) is 14.8. The topological polar surface area (TPSA) is 38.1 Å². The SMILES string of the molecule is CCn1nccc1C(=O)N1CCC[C@@H]1c1ccccc1F. The Hall–Kier alpha value is -2.17. The van der Waals surface area contributed by atoms with Gasteiger partial charge in [0.1, 0.15) is 11.5 Å². The third kappa shape index (κ3) is 2.44. The summed E-state index contributed by atoms with van der Waals surface area (Å²) in [6.45, 7) is 3.25. The third-order valence-electron chi connectivity index (χ3n) is 4.01. The maximum Gasteiger partial charge on any atom is 0.272 e. The van der Waals surface area contributed by atoms with Crippen LogP contribution in [0.15, 0.2) is 36.5 Å². The van der Waals surface area contributed by atoms with Crippen LogP contribution in [0.3, 0.4) is 0 Å². The minimum atomic E-state index is -0.244. The molecule has 110 valence electrons. The molecule has 1 atom stereocenters. The van der Waals surface area contributed by atoms with Crippen molar-refractivity contribution in [3.63, 3.8) is 0 Å². The molecular weight excluding hydrogens is 269 g/mol. The van der Waals surface area contributed by atoms with Gasteiger partial charge in [0.25, 0.3) is 5.91 Å². The first-order valence-corrected chi connectivity index (χ1v) is 7.29. The van der Waals surface area contributed by atoms with Crippen molar-refractivity contribution in [2.45, 2.75) is 32.4 Å². The van der Waals surface area contributed by atoms with Crippen LogP contribution in [0.1, 0.15) is 41.9 Å². The Bertz CT molecular complexity index is 652. The quantitative estimate of drug-likeness (QED) is 0.870. The van der Waals surface area contributed by atoms with Gasteiger partial charge >= 0.3 is 0 Å². The highest BCUT2D eigenvalue weighted by atomic mass is 19.1. The summed E-state index contributed by atoms with van der Waals surface area (Å²) in [5.74, 6) is -0.314. The van der Waals surface area contributed by atoms with E-state index in [0.717, 1.165) is 12.8 Å². The van der Waals surface area contributed by atoms with Crippen LogP contribution in [0.2, 0.25) is 0 Å². The molecule has 0 unspecified atom stereocenters. The van der Waals surface area contributed by atoms with Crippen LogP contribution in [0.5, 0.6) is 0 Å². The molecule has 3 rings (SSSR count). The molecule has 2 aromatic rings. The predicted octanol–water partition coefficient (Wildman–Crippen LogP) is 3.02. The Kier molecular flexibility index (Phi) is 3.73. The summed E-state index contributed by atoms with van der Waals surface area (Å²) in [6, 6.07) is 8.25. The molecular formula is C16H18FN3O. The van der Waals surface area contributed by atoms with Gasteiger partial charge < -0.3 is 4.90 Å². The van der Waals surface area contributed by atoms with Crippen molar-refractivity contribution in [2.24, 2.45) is 0 Å². The number of rotatable bonds is 3. The van der Waals surface area contributed by atoms with Gasteiger partial charge in [-0.05, 0) is 31.9 Å². The van der Waals surface area contributed by atoms with Gasteiger partial charge in [-0.3, -0.25) is 9.48 Å². The van der Waals surface area contributed by atoms with Crippen LogP contribution in [-0.4, -0.2) is 27.1 Å². The number of aryl methyl sites for hydroxylation is 1. The summed E-state index contributed by atoms with van der Waals surface area (Å²) in [4.78, 5) is 14.5. The molecule has 0 spiro atoms. The molecule has 4 nitrogen and oxygen atoms in total. The number of amides is 1. The Morgan fingerprint density at radius 2 is 2.19 bits per heavy atom. The van der Waals surface area contributed by atoms with Crippen molar-refractivity contribution in [2.75, 3.05) is 6.54 Å². The Labute approximate surface area is 123 Å². The molecule has 21 heavy (non-hydrogen) atoms. The standard InChI is InChI=1S/C16H18FN3O/c1-2-20-15(9-10-18-20)16(21)19-11-5-8-14(19)12-6-3-4-7-13(12)17/h3-4,6-7,9-10,14H,2,5,8,11H2,1H3/t14-/m1/s1. The third-order valence-corrected chi connectivity index (χ3v) is 4.01. The van der Waals surface area contributed by atoms with Crippen molar-refractivity contribution in [1.82, 2.24) is 14.7 Å². The molecule has 0 radical (unpaired) electrons. The second-order valence-electron chi connectivity index (χ2n) is 5.21. The zero-order valence-corrected chi connectivity index (χ0v) is 12.0. The molecule has 0 bridgehead atoms. The van der Waals surface area contributed by atoms with Gasteiger partial charge in [-0.1, -0.05) is 18.2 Å². The summed E-state index contributed by atoms with van der Waals surface area (Å²) in [6.07, 6.45) is 3.32. The highest BCUT2D eigenvalue weighted by Crippen LogP contribution is 2.34. The number of carbonyl (C=O) groups is 1. The smallest absolute Gasteiger partial charge is 0.272 e. The summed E-state index contributed by atoms with van der Waals surface area (Å²) >= 11 is 0. The Morgan fingerprint density at radius 1 is 1.38 bits per heavy atom. The zero-order valence-electron chi connectivity index (χ0n) is 12.0. The normalized spacial score (nSPS) is 18.2. The highest BCUT2D eigenvalue weighted by molar-refractivity contribution is 5.93. The molecule has 1 aromatic carbocycles. The Balaban J connectivity index is 1.91. The van der Waals surface area contributed by atoms with Crippen molar-refractivity contribution in [3.8, 4) is 0 Å². The first-order chi connectivity index (χ1) is 10.2. The molecule has 0 N–H and O–H groups in total. The molecule has 1 aliphatic rings. The van der Waals surface area contributed by atoms with Crippen LogP contribution in [0, 0.1) is 5.82 Å². The number of hydrogen-bond donors (Lipinski definition) is 0. The first kappa shape index (κ1) is 13.8. The number of hydrogen-bond acceptors (Lipinski definition) is 2. The lowest BCUT2D eigenvalue weighted by atomic mass is 10.0. The van der Waals surface area contributed by atoms with E-state index < -0.39 is 0 Å². The maximum absolute atomic E-state index is 14.0. The van der Waals surface area contributed by atoms with E-state index in [9.17, 15) is 9.18 Å². The minimum Gasteiger partial charge on any atom is -0.330 e. The average Bonchev–Trinajstić information content (AvgIpc) is 3.16. The number of carbonyl (C=O) groups excluding carboxylic acids is 1. The molecule has 1 fully saturated rings. The van der Waals surface area contributed by atoms with Gasteiger partial charge in [-0.25, -0.2) is 4.39 Å². The largest absolute Gasteiger partial charge is 0.330 e. The monoisotopic (exact) mass is 287 g/mol. The maximum atomic E-state index is 14.0. The van der Waals surface area contributed by atoms with Gasteiger partial charge in [-0.2, -0.15) is 5.10 Å². The molecule has 1 amide bonds. The summed E-state index contributed by atoms with van der Waals surface area (Å²) < 4.78 is 15.7. The van der Waals surface area contributed by atoms with Crippen LogP contribution in [-0.2, 0) is 6.54 Å². The molecule has 5 heteroatoms. The first-order valence-electron chi connectivity index (χ1n) is 7.29. The van der Waals surface area contributed by atoms with Crippen molar-refractivity contribution in [3.05, 3.63) is 53.6 Å². The number of halogens is 1. The predicted molar refractivity (Wildman–Crippen MR) is 77.3 cm³/mol. The fraction of sp³-hybridized carbons (Fsp3) is 0.375. The second-order valence-corrected chi connectivity index (χ2v) is 5.21. The lowest BCUT2D eigenvalue weighted by Gasteiger charge is -2.25. The minimum absolute atomic E-state index is 0.0693. The fourth-order valence-electron chi connectivity index (χ4n) is 2.99. The average molecular weight is 287 g/mol. The Morgan fingerprint density at radius 3 is 2.95 bits per heavy atom. The molecule has 0 saturated carbocycles. The molecule has 1 saturated heterocycles. The van der Waals surface area contributed by atoms with E-state index in [1.165, 1.54) is 6.07 Å². The van der Waals surface area contributed by atoms with Gasteiger partial charge in [0.05, 0.1) is 6.04 Å². The van der Waals surface area contributed by atoms with E-state index in [-0.39, 0.29) is 17.8 Å². The van der Waals surface area contributed by atoms with E-state index in [2.05, 4.69) is 5.10 Å². The highest BCUT2D eigenvalue weighted by Gasteiger charge is 2.33. The lowest BCUT2D eigenvalue weighted by molar-refractivity contribution is 0.0721. The molecule has 2 heterocycles. The fourth-order valence-corrected chi connectivity index (χ4v) is 2.99. The van der Waals surface area contributed by atoms with E-state index in [0.29, 0.717) is 24.3 Å². The van der Waals surface area contributed by atoms with Gasteiger partial charge in [0, 0.05) is 24.8 Å². The van der Waals surface area contributed by atoms with Crippen LogP contribution in [0.25, 0.3) is 0 Å². The number of benzene rings is 1. The van der Waals surface area contributed by atoms with Crippen LogP contribution >= 0.6 is 0 Å². The summed E-state index contributed by atoms with van der Waals surface area (Å²) in [5.41, 5.74) is 1.17. The number of nitrogens with zero attached hydrogens (tertiary/aromatic N) is 3.